The number of piperazine rings is 1. The van der Waals surface area contributed by atoms with Gasteiger partial charge in [0.1, 0.15) is 5.75 Å². The monoisotopic (exact) mass is 417 g/mol. The molecule has 1 N–H and O–H groups in total. The van der Waals surface area contributed by atoms with Gasteiger partial charge in [0, 0.05) is 0 Å². The summed E-state index contributed by atoms with van der Waals surface area (Å²) in [6.07, 6.45) is 2.01. The van der Waals surface area contributed by atoms with Crippen LogP contribution in [-0.2, 0) is 0 Å². The molecule has 1 aromatic heterocycles. The zero-order valence-corrected chi connectivity index (χ0v) is 15.1. The predicted molar refractivity (Wildman–Crippen MR) is 84.5 cm³/mol. The molecule has 2 aromatic rings. The quantitative estimate of drug-likeness (QED) is 0.414. The average molecular weight is 417 g/mol. The van der Waals surface area contributed by atoms with Gasteiger partial charge in [-0.15, -0.1) is 0 Å². The maximum atomic E-state index is 9.53. The highest BCUT2D eigenvalue weighted by Crippen LogP contribution is 2.31. The molecular formula is C15H20IN3OS. The van der Waals surface area contributed by atoms with Crippen LogP contribution in [0.5, 0.6) is 5.75 Å². The van der Waals surface area contributed by atoms with Crippen LogP contribution >= 0.6 is 11.3 Å². The first-order valence-corrected chi connectivity index (χ1v) is 7.70. The first-order valence-electron chi connectivity index (χ1n) is 6.89. The fourth-order valence-electron chi connectivity index (χ4n) is 2.67. The van der Waals surface area contributed by atoms with E-state index in [-0.39, 0.29) is 24.0 Å². The van der Waals surface area contributed by atoms with Crippen molar-refractivity contribution in [3.05, 3.63) is 30.9 Å². The number of likely N-dealkylation sites (N-methyl/N-ethyl adjacent to an activating group) is 1. The minimum Gasteiger partial charge on any atom is -1.00 e. The summed E-state index contributed by atoms with van der Waals surface area (Å²) in [6.45, 7) is 9.16. The Balaban J connectivity index is 0.00000161. The SMILES string of the molecule is C=CC[N+]1(C)CCN(c2nc3ccc(O)cc3s2)CC1.[I-]. The Morgan fingerprint density at radius 2 is 2.14 bits per heavy atom. The number of thiazole rings is 1. The number of aromatic nitrogens is 1. The second-order valence-electron chi connectivity index (χ2n) is 5.67. The number of nitrogens with zero attached hydrogens (tertiary/aromatic N) is 3. The van der Waals surface area contributed by atoms with E-state index in [2.05, 4.69) is 23.5 Å². The number of hydrogen-bond acceptors (Lipinski definition) is 4. The van der Waals surface area contributed by atoms with Gasteiger partial charge in [0.15, 0.2) is 5.13 Å². The maximum absolute atomic E-state index is 9.53. The van der Waals surface area contributed by atoms with Crippen molar-refractivity contribution >= 4 is 26.7 Å². The minimum atomic E-state index is 0. The molecule has 1 saturated heterocycles. The van der Waals surface area contributed by atoms with E-state index in [1.54, 1.807) is 23.5 Å². The Labute approximate surface area is 146 Å². The standard InChI is InChI=1S/C15H19N3OS.HI/c1-3-8-18(2)9-6-17(7-10-18)15-16-13-5-4-12(19)11-14(13)20-15;/h3-5,11H,1,6-10H2,2H3;1H. The average Bonchev–Trinajstić information content (AvgIpc) is 2.82. The van der Waals surface area contributed by atoms with Gasteiger partial charge in [-0.05, 0) is 24.3 Å². The van der Waals surface area contributed by atoms with Gasteiger partial charge >= 0.3 is 0 Å². The molecule has 3 rings (SSSR count). The smallest absolute Gasteiger partial charge is 0.186 e. The zero-order chi connectivity index (χ0) is 14.2. The molecule has 0 amide bonds. The van der Waals surface area contributed by atoms with Gasteiger partial charge in [-0.3, -0.25) is 0 Å². The molecule has 0 aliphatic carbocycles. The van der Waals surface area contributed by atoms with E-state index in [1.165, 1.54) is 0 Å². The lowest BCUT2D eigenvalue weighted by atomic mass is 10.2. The highest BCUT2D eigenvalue weighted by molar-refractivity contribution is 7.22. The second-order valence-corrected chi connectivity index (χ2v) is 6.68. The molecule has 1 aromatic carbocycles. The molecule has 6 heteroatoms. The molecule has 0 saturated carbocycles. The van der Waals surface area contributed by atoms with Crippen molar-refractivity contribution in [2.45, 2.75) is 0 Å². The van der Waals surface area contributed by atoms with Crippen LogP contribution < -0.4 is 28.9 Å². The lowest BCUT2D eigenvalue weighted by molar-refractivity contribution is -0.904. The third-order valence-corrected chi connectivity index (χ3v) is 5.10. The molecule has 0 unspecified atom stereocenters. The number of fused-ring (bicyclic) bond motifs is 1. The summed E-state index contributed by atoms with van der Waals surface area (Å²) in [5.41, 5.74) is 0.969. The van der Waals surface area contributed by atoms with Gasteiger partial charge in [-0.1, -0.05) is 17.9 Å². The summed E-state index contributed by atoms with van der Waals surface area (Å²) in [4.78, 5) is 7.03. The number of hydrogen-bond donors (Lipinski definition) is 1. The topological polar surface area (TPSA) is 36.4 Å². The number of quaternary nitrogens is 1. The van der Waals surface area contributed by atoms with Gasteiger partial charge in [0.2, 0.25) is 0 Å². The molecule has 0 spiro atoms. The van der Waals surface area contributed by atoms with Gasteiger partial charge in [0.05, 0.1) is 50.0 Å². The molecule has 114 valence electrons. The fourth-order valence-corrected chi connectivity index (χ4v) is 3.72. The molecule has 0 bridgehead atoms. The van der Waals surface area contributed by atoms with Crippen molar-refractivity contribution in [3.8, 4) is 5.75 Å². The number of benzene rings is 1. The zero-order valence-electron chi connectivity index (χ0n) is 12.1. The summed E-state index contributed by atoms with van der Waals surface area (Å²) < 4.78 is 2.11. The summed E-state index contributed by atoms with van der Waals surface area (Å²) in [7, 11) is 2.29. The first-order chi connectivity index (χ1) is 9.59. The van der Waals surface area contributed by atoms with E-state index in [0.29, 0.717) is 5.75 Å². The van der Waals surface area contributed by atoms with Crippen LogP contribution in [0.2, 0.25) is 0 Å². The van der Waals surface area contributed by atoms with E-state index >= 15 is 0 Å². The number of rotatable bonds is 3. The van der Waals surface area contributed by atoms with Crippen LogP contribution in [0.25, 0.3) is 10.2 Å². The van der Waals surface area contributed by atoms with Gasteiger partial charge in [0.25, 0.3) is 0 Å². The predicted octanol–water partition coefficient (Wildman–Crippen LogP) is -0.541. The van der Waals surface area contributed by atoms with Crippen LogP contribution in [0.3, 0.4) is 0 Å². The van der Waals surface area contributed by atoms with E-state index < -0.39 is 0 Å². The Morgan fingerprint density at radius 1 is 1.43 bits per heavy atom. The number of halogens is 1. The Morgan fingerprint density at radius 3 is 2.81 bits per heavy atom. The van der Waals surface area contributed by atoms with Gasteiger partial charge in [-0.2, -0.15) is 0 Å². The minimum absolute atomic E-state index is 0. The van der Waals surface area contributed by atoms with Crippen LogP contribution in [0.4, 0.5) is 5.13 Å². The maximum Gasteiger partial charge on any atom is 0.186 e. The van der Waals surface area contributed by atoms with Crippen molar-refractivity contribution in [2.24, 2.45) is 0 Å². The van der Waals surface area contributed by atoms with Crippen LogP contribution in [0, 0.1) is 0 Å². The van der Waals surface area contributed by atoms with Crippen molar-refractivity contribution < 1.29 is 33.6 Å². The normalized spacial score (nSPS) is 17.5. The molecule has 1 aliphatic heterocycles. The Hall–Kier alpha value is -0.860. The van der Waals surface area contributed by atoms with Gasteiger partial charge < -0.3 is 38.5 Å². The van der Waals surface area contributed by atoms with Crippen LogP contribution in [0.1, 0.15) is 0 Å². The van der Waals surface area contributed by atoms with Crippen molar-refractivity contribution in [1.82, 2.24) is 4.98 Å². The van der Waals surface area contributed by atoms with Gasteiger partial charge in [-0.25, -0.2) is 4.98 Å². The number of phenolic OH excluding ortho intramolecular Hbond substituents is 1. The fraction of sp³-hybridized carbons (Fsp3) is 0.400. The molecule has 1 aliphatic rings. The Kier molecular flexibility index (Phi) is 5.11. The van der Waals surface area contributed by atoms with Crippen LogP contribution in [-0.4, -0.2) is 54.3 Å². The molecular weight excluding hydrogens is 397 g/mol. The van der Waals surface area contributed by atoms with Crippen molar-refractivity contribution in [3.63, 3.8) is 0 Å². The Bertz CT molecular complexity index is 635. The highest BCUT2D eigenvalue weighted by Gasteiger charge is 2.28. The lowest BCUT2D eigenvalue weighted by Gasteiger charge is -2.41. The second kappa shape index (κ2) is 6.50. The number of phenols is 1. The molecule has 0 radical (unpaired) electrons. The largest absolute Gasteiger partial charge is 1.00 e. The summed E-state index contributed by atoms with van der Waals surface area (Å²) in [6, 6.07) is 5.37. The van der Waals surface area contributed by atoms with E-state index in [9.17, 15) is 5.11 Å². The van der Waals surface area contributed by atoms with E-state index in [4.69, 9.17) is 0 Å². The molecule has 2 heterocycles. The summed E-state index contributed by atoms with van der Waals surface area (Å²) >= 11 is 1.66. The number of anilines is 1. The summed E-state index contributed by atoms with van der Waals surface area (Å²) in [5.74, 6) is 0.307. The third-order valence-electron chi connectivity index (χ3n) is 4.02. The molecule has 0 atom stereocenters. The molecule has 21 heavy (non-hydrogen) atoms. The number of aromatic hydroxyl groups is 1. The van der Waals surface area contributed by atoms with E-state index in [1.807, 2.05) is 12.1 Å². The molecule has 1 fully saturated rings. The van der Waals surface area contributed by atoms with Crippen LogP contribution in [0.15, 0.2) is 30.9 Å². The van der Waals surface area contributed by atoms with E-state index in [0.717, 1.165) is 52.6 Å². The third kappa shape index (κ3) is 3.49. The molecule has 4 nitrogen and oxygen atoms in total. The van der Waals surface area contributed by atoms with Crippen molar-refractivity contribution in [2.75, 3.05) is 44.7 Å². The highest BCUT2D eigenvalue weighted by atomic mass is 127. The van der Waals surface area contributed by atoms with Crippen molar-refractivity contribution in [1.29, 1.82) is 0 Å². The lowest BCUT2D eigenvalue weighted by Crippen LogP contribution is -3.00. The first kappa shape index (κ1) is 16.5. The summed E-state index contributed by atoms with van der Waals surface area (Å²) in [5, 5.41) is 10.6.